The lowest BCUT2D eigenvalue weighted by atomic mass is 10.1. The average molecular weight is 450 g/mol. The minimum Gasteiger partial charge on any atom is -0.457 e. The molecule has 25 heavy (non-hydrogen) atoms. The number of carbonyl (C=O) groups excluding carboxylic acids is 1. The third-order valence-corrected chi connectivity index (χ3v) is 4.39. The molecule has 6 heteroatoms. The van der Waals surface area contributed by atoms with Crippen molar-refractivity contribution in [3.8, 4) is 17.2 Å². The molecule has 128 valence electrons. The Morgan fingerprint density at radius 1 is 1.08 bits per heavy atom. The van der Waals surface area contributed by atoms with E-state index in [1.165, 1.54) is 6.92 Å². The lowest BCUT2D eigenvalue weighted by molar-refractivity contribution is -0.131. The van der Waals surface area contributed by atoms with Gasteiger partial charge in [0.1, 0.15) is 22.8 Å². The van der Waals surface area contributed by atoms with Crippen molar-refractivity contribution in [3.63, 3.8) is 0 Å². The highest BCUT2D eigenvalue weighted by atomic mass is 127. The molecular formula is C19H15IO5. The number of ether oxygens (including phenoxy) is 2. The minimum absolute atomic E-state index is 0.147. The van der Waals surface area contributed by atoms with Gasteiger partial charge >= 0.3 is 5.97 Å². The predicted octanol–water partition coefficient (Wildman–Crippen LogP) is 4.73. The summed E-state index contributed by atoms with van der Waals surface area (Å²) < 4.78 is 17.8. The fourth-order valence-electron chi connectivity index (χ4n) is 2.47. The van der Waals surface area contributed by atoms with Crippen LogP contribution < -0.4 is 14.9 Å². The van der Waals surface area contributed by atoms with Crippen LogP contribution >= 0.6 is 22.6 Å². The molecule has 2 aromatic carbocycles. The average Bonchev–Trinajstić information content (AvgIpc) is 2.56. The Morgan fingerprint density at radius 3 is 2.40 bits per heavy atom. The van der Waals surface area contributed by atoms with Crippen molar-refractivity contribution in [2.24, 2.45) is 0 Å². The number of hydrogen-bond donors (Lipinski definition) is 0. The zero-order valence-electron chi connectivity index (χ0n) is 13.9. The number of carbonyl (C=O) groups is 1. The molecule has 0 saturated carbocycles. The third kappa shape index (κ3) is 3.53. The minimum atomic E-state index is -0.430. The SMILES string of the molecule is CC(=O)Oc1ccc2c(=O)c(Oc3ccc(I)cc3)c(C)oc2c1C. The largest absolute Gasteiger partial charge is 0.457 e. The monoisotopic (exact) mass is 450 g/mol. The molecule has 0 N–H and O–H groups in total. The van der Waals surface area contributed by atoms with Gasteiger partial charge in [-0.1, -0.05) is 0 Å². The first-order valence-corrected chi connectivity index (χ1v) is 8.63. The van der Waals surface area contributed by atoms with Gasteiger partial charge in [0.15, 0.2) is 0 Å². The molecule has 0 aliphatic rings. The summed E-state index contributed by atoms with van der Waals surface area (Å²) in [7, 11) is 0. The van der Waals surface area contributed by atoms with Crippen LogP contribution in [0.3, 0.4) is 0 Å². The van der Waals surface area contributed by atoms with Crippen molar-refractivity contribution >= 4 is 39.5 Å². The number of esters is 1. The lowest BCUT2D eigenvalue weighted by Gasteiger charge is -2.11. The summed E-state index contributed by atoms with van der Waals surface area (Å²) in [4.78, 5) is 24.0. The fourth-order valence-corrected chi connectivity index (χ4v) is 2.83. The van der Waals surface area contributed by atoms with E-state index in [-0.39, 0.29) is 11.2 Å². The molecule has 5 nitrogen and oxygen atoms in total. The maximum atomic E-state index is 12.8. The summed E-state index contributed by atoms with van der Waals surface area (Å²) >= 11 is 2.20. The van der Waals surface area contributed by atoms with Gasteiger partial charge in [0.05, 0.1) is 5.39 Å². The van der Waals surface area contributed by atoms with E-state index in [0.717, 1.165) is 3.57 Å². The van der Waals surface area contributed by atoms with Crippen LogP contribution in [0.1, 0.15) is 18.2 Å². The number of halogens is 1. The first-order chi connectivity index (χ1) is 11.9. The molecule has 1 aromatic heterocycles. The number of aryl methyl sites for hydroxylation is 2. The van der Waals surface area contributed by atoms with Crippen LogP contribution in [0.5, 0.6) is 17.2 Å². The normalized spacial score (nSPS) is 10.7. The first-order valence-electron chi connectivity index (χ1n) is 7.55. The van der Waals surface area contributed by atoms with Crippen LogP contribution in [0.4, 0.5) is 0 Å². The van der Waals surface area contributed by atoms with E-state index in [4.69, 9.17) is 13.9 Å². The van der Waals surface area contributed by atoms with Crippen LogP contribution in [0.2, 0.25) is 0 Å². The maximum Gasteiger partial charge on any atom is 0.308 e. The molecule has 0 aliphatic heterocycles. The molecule has 0 bridgehead atoms. The summed E-state index contributed by atoms with van der Waals surface area (Å²) in [5.74, 6) is 1.00. The van der Waals surface area contributed by atoms with Gasteiger partial charge in [-0.25, -0.2) is 0 Å². The van der Waals surface area contributed by atoms with Gasteiger partial charge in [-0.3, -0.25) is 9.59 Å². The number of fused-ring (bicyclic) bond motifs is 1. The van der Waals surface area contributed by atoms with Crippen LogP contribution in [0.25, 0.3) is 11.0 Å². The van der Waals surface area contributed by atoms with E-state index in [1.54, 1.807) is 38.1 Å². The molecule has 1 heterocycles. The van der Waals surface area contributed by atoms with Crippen molar-refractivity contribution in [2.75, 3.05) is 0 Å². The van der Waals surface area contributed by atoms with Crippen LogP contribution in [0.15, 0.2) is 45.6 Å². The summed E-state index contributed by atoms with van der Waals surface area (Å²) in [6.07, 6.45) is 0. The second-order valence-electron chi connectivity index (χ2n) is 5.53. The highest BCUT2D eigenvalue weighted by Crippen LogP contribution is 2.31. The molecule has 0 atom stereocenters. The van der Waals surface area contributed by atoms with E-state index < -0.39 is 5.97 Å². The molecule has 3 rings (SSSR count). The number of hydrogen-bond acceptors (Lipinski definition) is 5. The Labute approximate surface area is 157 Å². The van der Waals surface area contributed by atoms with E-state index in [2.05, 4.69) is 22.6 Å². The van der Waals surface area contributed by atoms with Crippen molar-refractivity contribution in [1.29, 1.82) is 0 Å². The van der Waals surface area contributed by atoms with Gasteiger partial charge in [-0.2, -0.15) is 0 Å². The Kier molecular flexibility index (Phi) is 4.80. The molecule has 0 saturated heterocycles. The lowest BCUT2D eigenvalue weighted by Crippen LogP contribution is -2.09. The summed E-state index contributed by atoms with van der Waals surface area (Å²) in [5, 5.41) is 0.375. The number of benzene rings is 2. The maximum absolute atomic E-state index is 12.8. The van der Waals surface area contributed by atoms with Gasteiger partial charge in [-0.15, -0.1) is 0 Å². The topological polar surface area (TPSA) is 65.7 Å². The van der Waals surface area contributed by atoms with Crippen molar-refractivity contribution in [1.82, 2.24) is 0 Å². The molecule has 0 unspecified atom stereocenters. The van der Waals surface area contributed by atoms with Crippen LogP contribution in [-0.2, 0) is 4.79 Å². The highest BCUT2D eigenvalue weighted by Gasteiger charge is 2.17. The Morgan fingerprint density at radius 2 is 1.76 bits per heavy atom. The fraction of sp³-hybridized carbons (Fsp3) is 0.158. The summed E-state index contributed by atoms with van der Waals surface area (Å²) in [6, 6.07) is 10.5. The van der Waals surface area contributed by atoms with Gasteiger partial charge < -0.3 is 13.9 Å². The molecular weight excluding hydrogens is 435 g/mol. The van der Waals surface area contributed by atoms with E-state index in [9.17, 15) is 9.59 Å². The smallest absolute Gasteiger partial charge is 0.308 e. The Bertz CT molecular complexity index is 1020. The standard InChI is InChI=1S/C19H15IO5/c1-10-16(24-12(3)21)9-8-15-17(22)19(11(2)23-18(10)15)25-14-6-4-13(20)5-7-14/h4-9H,1-3H3. The highest BCUT2D eigenvalue weighted by molar-refractivity contribution is 14.1. The van der Waals surface area contributed by atoms with Crippen LogP contribution in [0, 0.1) is 17.4 Å². The summed E-state index contributed by atoms with van der Waals surface area (Å²) in [5.41, 5.74) is 0.708. The van der Waals surface area contributed by atoms with Gasteiger partial charge in [0.25, 0.3) is 0 Å². The second-order valence-corrected chi connectivity index (χ2v) is 6.78. The zero-order chi connectivity index (χ0) is 18.1. The van der Waals surface area contributed by atoms with E-state index >= 15 is 0 Å². The predicted molar refractivity (Wildman–Crippen MR) is 103 cm³/mol. The first kappa shape index (κ1) is 17.5. The second kappa shape index (κ2) is 6.87. The molecule has 0 aliphatic carbocycles. The van der Waals surface area contributed by atoms with Crippen molar-refractivity contribution in [3.05, 3.63) is 61.5 Å². The van der Waals surface area contributed by atoms with Gasteiger partial charge in [0, 0.05) is 16.1 Å². The Hall–Kier alpha value is -2.35. The molecule has 0 radical (unpaired) electrons. The van der Waals surface area contributed by atoms with Crippen LogP contribution in [-0.4, -0.2) is 5.97 Å². The van der Waals surface area contributed by atoms with Crippen molar-refractivity contribution < 1.29 is 18.7 Å². The molecule has 0 fully saturated rings. The molecule has 0 amide bonds. The van der Waals surface area contributed by atoms with Gasteiger partial charge in [0.2, 0.25) is 11.2 Å². The van der Waals surface area contributed by atoms with E-state index in [0.29, 0.717) is 33.8 Å². The number of rotatable bonds is 3. The summed E-state index contributed by atoms with van der Waals surface area (Å²) in [6.45, 7) is 4.73. The van der Waals surface area contributed by atoms with E-state index in [1.807, 2.05) is 12.1 Å². The third-order valence-electron chi connectivity index (χ3n) is 3.67. The Balaban J connectivity index is 2.11. The zero-order valence-corrected chi connectivity index (χ0v) is 16.0. The quantitative estimate of drug-likeness (QED) is 0.328. The van der Waals surface area contributed by atoms with Gasteiger partial charge in [-0.05, 0) is 72.8 Å². The van der Waals surface area contributed by atoms with Crippen molar-refractivity contribution in [2.45, 2.75) is 20.8 Å². The molecule has 3 aromatic rings. The molecule has 0 spiro atoms.